The molecule has 1 aliphatic carbocycles. The minimum absolute atomic E-state index is 0.0113. The smallest absolute Gasteiger partial charge is 0.229 e. The summed E-state index contributed by atoms with van der Waals surface area (Å²) in [6.45, 7) is 6.49. The maximum absolute atomic E-state index is 12.7. The molecule has 2 aliphatic rings. The first-order valence-electron chi connectivity index (χ1n) is 6.96. The van der Waals surface area contributed by atoms with Crippen molar-refractivity contribution in [2.24, 2.45) is 11.3 Å². The minimum Gasteiger partial charge on any atom is -0.342 e. The summed E-state index contributed by atoms with van der Waals surface area (Å²) in [6, 6.07) is 0. The van der Waals surface area contributed by atoms with Gasteiger partial charge in [0.1, 0.15) is 0 Å². The minimum atomic E-state index is -0.0113. The Hall–Kier alpha value is -0.530. The molecular weight excluding hydrogens is 198 g/mol. The highest BCUT2D eigenvalue weighted by Gasteiger charge is 2.44. The quantitative estimate of drug-likeness (QED) is 0.704. The molecule has 1 heterocycles. The first kappa shape index (κ1) is 11.9. The number of hydrogen-bond donors (Lipinski definition) is 0. The number of hydrogen-bond acceptors (Lipinski definition) is 1. The van der Waals surface area contributed by atoms with Crippen LogP contribution in [0.2, 0.25) is 0 Å². The van der Waals surface area contributed by atoms with Gasteiger partial charge in [0.15, 0.2) is 0 Å². The molecule has 1 saturated heterocycles. The fourth-order valence-corrected chi connectivity index (χ4v) is 3.46. The first-order valence-corrected chi connectivity index (χ1v) is 6.96. The van der Waals surface area contributed by atoms with Crippen LogP contribution in [0.1, 0.15) is 58.8 Å². The van der Waals surface area contributed by atoms with Gasteiger partial charge in [0.25, 0.3) is 0 Å². The van der Waals surface area contributed by atoms with Crippen LogP contribution in [0.15, 0.2) is 0 Å². The molecule has 0 aromatic carbocycles. The molecule has 0 atom stereocenters. The first-order chi connectivity index (χ1) is 7.67. The molecular formula is C14H25NO. The molecule has 16 heavy (non-hydrogen) atoms. The summed E-state index contributed by atoms with van der Waals surface area (Å²) in [4.78, 5) is 14.8. The van der Waals surface area contributed by atoms with E-state index in [1.807, 2.05) is 0 Å². The van der Waals surface area contributed by atoms with Crippen molar-refractivity contribution in [1.29, 1.82) is 0 Å². The molecule has 0 spiro atoms. The number of amides is 1. The second-order valence-electron chi connectivity index (χ2n) is 5.87. The van der Waals surface area contributed by atoms with E-state index >= 15 is 0 Å². The summed E-state index contributed by atoms with van der Waals surface area (Å²) in [5.74, 6) is 0.973. The third-order valence-corrected chi connectivity index (χ3v) is 4.67. The van der Waals surface area contributed by atoms with E-state index in [0.717, 1.165) is 25.9 Å². The Labute approximate surface area is 99.4 Å². The average molecular weight is 223 g/mol. The van der Waals surface area contributed by atoms with E-state index in [1.165, 1.54) is 32.1 Å². The monoisotopic (exact) mass is 223 g/mol. The maximum atomic E-state index is 12.7. The van der Waals surface area contributed by atoms with Gasteiger partial charge in [0, 0.05) is 13.1 Å². The zero-order valence-corrected chi connectivity index (χ0v) is 10.8. The Morgan fingerprint density at radius 1 is 1.00 bits per heavy atom. The molecule has 0 radical (unpaired) electrons. The van der Waals surface area contributed by atoms with Gasteiger partial charge in [-0.05, 0) is 31.6 Å². The van der Waals surface area contributed by atoms with Gasteiger partial charge in [-0.3, -0.25) is 4.79 Å². The van der Waals surface area contributed by atoms with E-state index in [1.54, 1.807) is 0 Å². The Morgan fingerprint density at radius 2 is 1.56 bits per heavy atom. The molecule has 2 nitrogen and oxygen atoms in total. The van der Waals surface area contributed by atoms with Gasteiger partial charge in [-0.1, -0.05) is 33.1 Å². The third-order valence-electron chi connectivity index (χ3n) is 4.67. The van der Waals surface area contributed by atoms with Gasteiger partial charge in [0.05, 0.1) is 5.41 Å². The van der Waals surface area contributed by atoms with Crippen LogP contribution in [0.25, 0.3) is 0 Å². The van der Waals surface area contributed by atoms with E-state index in [-0.39, 0.29) is 5.41 Å². The largest absolute Gasteiger partial charge is 0.342 e. The van der Waals surface area contributed by atoms with Gasteiger partial charge in [-0.25, -0.2) is 0 Å². The summed E-state index contributed by atoms with van der Waals surface area (Å²) in [5.41, 5.74) is -0.0113. The highest BCUT2D eigenvalue weighted by Crippen LogP contribution is 2.44. The molecule has 92 valence electrons. The second kappa shape index (κ2) is 4.77. The van der Waals surface area contributed by atoms with Crippen molar-refractivity contribution in [2.75, 3.05) is 13.1 Å². The molecule has 0 N–H and O–H groups in total. The zero-order valence-electron chi connectivity index (χ0n) is 10.8. The van der Waals surface area contributed by atoms with Crippen LogP contribution in [0, 0.1) is 11.3 Å². The summed E-state index contributed by atoms with van der Waals surface area (Å²) in [6.07, 6.45) is 8.48. The van der Waals surface area contributed by atoms with Gasteiger partial charge in [-0.2, -0.15) is 0 Å². The number of nitrogens with zero attached hydrogens (tertiary/aromatic N) is 1. The fourth-order valence-electron chi connectivity index (χ4n) is 3.46. The average Bonchev–Trinajstić information content (AvgIpc) is 2.82. The van der Waals surface area contributed by atoms with Crippen LogP contribution in [-0.2, 0) is 4.79 Å². The topological polar surface area (TPSA) is 20.3 Å². The number of likely N-dealkylation sites (tertiary alicyclic amines) is 1. The van der Waals surface area contributed by atoms with Crippen LogP contribution >= 0.6 is 0 Å². The van der Waals surface area contributed by atoms with E-state index in [0.29, 0.717) is 11.8 Å². The number of carbonyl (C=O) groups excluding carboxylic acids is 1. The number of rotatable bonds is 2. The molecule has 0 bridgehead atoms. The predicted octanol–water partition coefficient (Wildman–Crippen LogP) is 3.22. The summed E-state index contributed by atoms with van der Waals surface area (Å²) < 4.78 is 0. The molecule has 1 saturated carbocycles. The lowest BCUT2D eigenvalue weighted by molar-refractivity contribution is -0.146. The predicted molar refractivity (Wildman–Crippen MR) is 66.2 cm³/mol. The van der Waals surface area contributed by atoms with E-state index in [4.69, 9.17) is 0 Å². The van der Waals surface area contributed by atoms with E-state index < -0.39 is 0 Å². The summed E-state index contributed by atoms with van der Waals surface area (Å²) in [5, 5.41) is 0. The Bertz CT molecular complexity index is 247. The maximum Gasteiger partial charge on any atom is 0.229 e. The standard InChI is InChI=1S/C14H25NO/c1-12(2)14(8-4-3-5-9-14)13(16)15-10-6-7-11-15/h12H,3-11H2,1-2H3. The lowest BCUT2D eigenvalue weighted by Crippen LogP contribution is -2.47. The highest BCUT2D eigenvalue weighted by atomic mass is 16.2. The van der Waals surface area contributed by atoms with Gasteiger partial charge < -0.3 is 4.90 Å². The third kappa shape index (κ3) is 1.99. The Balaban J connectivity index is 2.14. The lowest BCUT2D eigenvalue weighted by atomic mass is 9.66. The van der Waals surface area contributed by atoms with Crippen molar-refractivity contribution >= 4 is 5.91 Å². The van der Waals surface area contributed by atoms with Crippen molar-refractivity contribution in [3.63, 3.8) is 0 Å². The van der Waals surface area contributed by atoms with Crippen molar-refractivity contribution in [1.82, 2.24) is 4.90 Å². The zero-order chi connectivity index (χ0) is 11.6. The van der Waals surface area contributed by atoms with Crippen molar-refractivity contribution < 1.29 is 4.79 Å². The summed E-state index contributed by atoms with van der Waals surface area (Å²) >= 11 is 0. The van der Waals surface area contributed by atoms with Gasteiger partial charge >= 0.3 is 0 Å². The number of carbonyl (C=O) groups is 1. The van der Waals surface area contributed by atoms with Crippen LogP contribution in [0.5, 0.6) is 0 Å². The fraction of sp³-hybridized carbons (Fsp3) is 0.929. The summed E-state index contributed by atoms with van der Waals surface area (Å²) in [7, 11) is 0. The van der Waals surface area contributed by atoms with Gasteiger partial charge in [0.2, 0.25) is 5.91 Å². The van der Waals surface area contributed by atoms with E-state index in [9.17, 15) is 4.79 Å². The lowest BCUT2D eigenvalue weighted by Gasteiger charge is -2.41. The molecule has 2 rings (SSSR count). The highest BCUT2D eigenvalue weighted by molar-refractivity contribution is 5.83. The van der Waals surface area contributed by atoms with Crippen LogP contribution < -0.4 is 0 Å². The molecule has 1 amide bonds. The molecule has 0 unspecified atom stereocenters. The van der Waals surface area contributed by atoms with Crippen LogP contribution in [-0.4, -0.2) is 23.9 Å². The molecule has 2 fully saturated rings. The SMILES string of the molecule is CC(C)C1(C(=O)N2CCCC2)CCCCC1. The molecule has 0 aromatic rings. The van der Waals surface area contributed by atoms with E-state index in [2.05, 4.69) is 18.7 Å². The van der Waals surface area contributed by atoms with Crippen molar-refractivity contribution in [3.05, 3.63) is 0 Å². The molecule has 0 aromatic heterocycles. The molecule has 1 aliphatic heterocycles. The van der Waals surface area contributed by atoms with Crippen LogP contribution in [0.3, 0.4) is 0 Å². The Kier molecular flexibility index (Phi) is 3.56. The molecule has 2 heteroatoms. The Morgan fingerprint density at radius 3 is 2.06 bits per heavy atom. The van der Waals surface area contributed by atoms with Crippen LogP contribution in [0.4, 0.5) is 0 Å². The normalized spacial score (nSPS) is 25.1. The van der Waals surface area contributed by atoms with Gasteiger partial charge in [-0.15, -0.1) is 0 Å². The van der Waals surface area contributed by atoms with Crippen molar-refractivity contribution in [3.8, 4) is 0 Å². The second-order valence-corrected chi connectivity index (χ2v) is 5.87. The van der Waals surface area contributed by atoms with Crippen molar-refractivity contribution in [2.45, 2.75) is 58.8 Å².